The van der Waals surface area contributed by atoms with Crippen molar-refractivity contribution in [2.75, 3.05) is 26.2 Å². The van der Waals surface area contributed by atoms with E-state index in [1.807, 2.05) is 6.92 Å². The summed E-state index contributed by atoms with van der Waals surface area (Å²) >= 11 is 0. The Kier molecular flexibility index (Phi) is 3.75. The molecule has 0 radical (unpaired) electrons. The Morgan fingerprint density at radius 1 is 1.76 bits per heavy atom. The number of aromatic nitrogens is 2. The summed E-state index contributed by atoms with van der Waals surface area (Å²) in [6, 6.07) is 0. The number of carbonyl (C=O) groups excluding carboxylic acids is 1. The van der Waals surface area contributed by atoms with Gasteiger partial charge in [0.15, 0.2) is 0 Å². The number of hydrogen-bond acceptors (Lipinski definition) is 4. The highest BCUT2D eigenvalue weighted by Gasteiger charge is 2.16. The summed E-state index contributed by atoms with van der Waals surface area (Å²) in [7, 11) is 1.80. The van der Waals surface area contributed by atoms with E-state index in [-0.39, 0.29) is 12.0 Å². The van der Waals surface area contributed by atoms with E-state index < -0.39 is 0 Å². The minimum atomic E-state index is -0.0928. The summed E-state index contributed by atoms with van der Waals surface area (Å²) in [4.78, 5) is 11.9. The predicted molar refractivity (Wildman–Crippen MR) is 62.9 cm³/mol. The molecule has 0 spiro atoms. The molecule has 0 aromatic carbocycles. The normalized spacial score (nSPS) is 20.2. The Labute approximate surface area is 100 Å². The maximum absolute atomic E-state index is 11.9. The zero-order valence-electron chi connectivity index (χ0n) is 10.2. The molecular weight excluding hydrogens is 220 g/mol. The van der Waals surface area contributed by atoms with Gasteiger partial charge in [-0.25, -0.2) is 0 Å². The van der Waals surface area contributed by atoms with E-state index in [4.69, 9.17) is 4.74 Å². The molecule has 2 rings (SSSR count). The second-order valence-electron chi connectivity index (χ2n) is 4.21. The number of rotatable bonds is 3. The summed E-state index contributed by atoms with van der Waals surface area (Å²) < 4.78 is 7.14. The van der Waals surface area contributed by atoms with Gasteiger partial charge in [0, 0.05) is 32.9 Å². The van der Waals surface area contributed by atoms with Gasteiger partial charge in [0.1, 0.15) is 0 Å². The Bertz CT molecular complexity index is 396. The van der Waals surface area contributed by atoms with Gasteiger partial charge in [-0.3, -0.25) is 9.48 Å². The fourth-order valence-corrected chi connectivity index (χ4v) is 1.88. The number of amides is 1. The van der Waals surface area contributed by atoms with Gasteiger partial charge in [0.05, 0.1) is 24.0 Å². The van der Waals surface area contributed by atoms with Crippen LogP contribution in [0.15, 0.2) is 6.20 Å². The molecule has 2 heterocycles. The highest BCUT2D eigenvalue weighted by atomic mass is 16.5. The van der Waals surface area contributed by atoms with Gasteiger partial charge in [0.25, 0.3) is 5.91 Å². The number of hydrogen-bond donors (Lipinski definition) is 2. The van der Waals surface area contributed by atoms with Gasteiger partial charge in [0.2, 0.25) is 0 Å². The van der Waals surface area contributed by atoms with Crippen molar-refractivity contribution >= 4 is 5.91 Å². The third kappa shape index (κ3) is 3.04. The van der Waals surface area contributed by atoms with Crippen LogP contribution >= 0.6 is 0 Å². The Morgan fingerprint density at radius 2 is 2.59 bits per heavy atom. The maximum atomic E-state index is 11.9. The molecule has 0 bridgehead atoms. The van der Waals surface area contributed by atoms with E-state index in [2.05, 4.69) is 15.7 Å². The molecular formula is C11H18N4O2. The predicted octanol–water partition coefficient (Wildman–Crippen LogP) is -0.553. The molecule has 1 atom stereocenters. The second kappa shape index (κ2) is 5.29. The van der Waals surface area contributed by atoms with Crippen molar-refractivity contribution < 1.29 is 9.53 Å². The van der Waals surface area contributed by atoms with Crippen molar-refractivity contribution in [2.45, 2.75) is 13.0 Å². The minimum Gasteiger partial charge on any atom is -0.374 e. The number of ether oxygens (including phenoxy) is 1. The highest BCUT2D eigenvalue weighted by molar-refractivity contribution is 5.94. The average molecular weight is 238 g/mol. The number of morpholine rings is 1. The third-order valence-corrected chi connectivity index (χ3v) is 2.75. The molecule has 1 unspecified atom stereocenters. The van der Waals surface area contributed by atoms with Crippen molar-refractivity contribution in [1.29, 1.82) is 0 Å². The fraction of sp³-hybridized carbons (Fsp3) is 0.636. The summed E-state index contributed by atoms with van der Waals surface area (Å²) in [6.07, 6.45) is 1.79. The van der Waals surface area contributed by atoms with E-state index in [1.54, 1.807) is 17.9 Å². The smallest absolute Gasteiger partial charge is 0.254 e. The first-order chi connectivity index (χ1) is 8.16. The molecule has 6 heteroatoms. The van der Waals surface area contributed by atoms with E-state index >= 15 is 0 Å². The van der Waals surface area contributed by atoms with Gasteiger partial charge in [-0.15, -0.1) is 0 Å². The lowest BCUT2D eigenvalue weighted by atomic mass is 10.2. The van der Waals surface area contributed by atoms with Crippen LogP contribution in [0.25, 0.3) is 0 Å². The van der Waals surface area contributed by atoms with Gasteiger partial charge < -0.3 is 15.4 Å². The topological polar surface area (TPSA) is 68.2 Å². The minimum absolute atomic E-state index is 0.0599. The molecule has 2 N–H and O–H groups in total. The Balaban J connectivity index is 1.86. The summed E-state index contributed by atoms with van der Waals surface area (Å²) in [6.45, 7) is 4.72. The molecule has 6 nitrogen and oxygen atoms in total. The van der Waals surface area contributed by atoms with Crippen LogP contribution in [-0.4, -0.2) is 48.0 Å². The maximum Gasteiger partial charge on any atom is 0.254 e. The van der Waals surface area contributed by atoms with Crippen LogP contribution in [0.5, 0.6) is 0 Å². The van der Waals surface area contributed by atoms with E-state index in [9.17, 15) is 4.79 Å². The van der Waals surface area contributed by atoms with Gasteiger partial charge >= 0.3 is 0 Å². The van der Waals surface area contributed by atoms with Crippen molar-refractivity contribution in [3.05, 3.63) is 17.5 Å². The van der Waals surface area contributed by atoms with Crippen LogP contribution in [0.1, 0.15) is 16.1 Å². The average Bonchev–Trinajstić information content (AvgIpc) is 2.67. The van der Waals surface area contributed by atoms with Crippen LogP contribution in [-0.2, 0) is 11.8 Å². The van der Waals surface area contributed by atoms with Gasteiger partial charge in [-0.1, -0.05) is 0 Å². The first kappa shape index (κ1) is 12.1. The zero-order chi connectivity index (χ0) is 12.3. The Hall–Kier alpha value is -1.40. The Morgan fingerprint density at radius 3 is 3.18 bits per heavy atom. The largest absolute Gasteiger partial charge is 0.374 e. The third-order valence-electron chi connectivity index (χ3n) is 2.75. The molecule has 17 heavy (non-hydrogen) atoms. The zero-order valence-corrected chi connectivity index (χ0v) is 10.2. The molecule has 1 aliphatic heterocycles. The van der Waals surface area contributed by atoms with Crippen LogP contribution in [0, 0.1) is 6.92 Å². The van der Waals surface area contributed by atoms with E-state index in [0.717, 1.165) is 18.8 Å². The van der Waals surface area contributed by atoms with Crippen molar-refractivity contribution in [3.8, 4) is 0 Å². The van der Waals surface area contributed by atoms with Crippen molar-refractivity contribution in [1.82, 2.24) is 20.4 Å². The molecule has 1 aromatic rings. The number of nitrogens with one attached hydrogen (secondary N) is 2. The molecule has 94 valence electrons. The van der Waals surface area contributed by atoms with Crippen molar-refractivity contribution in [2.24, 2.45) is 7.05 Å². The van der Waals surface area contributed by atoms with E-state index in [0.29, 0.717) is 18.7 Å². The summed E-state index contributed by atoms with van der Waals surface area (Å²) in [5.41, 5.74) is 1.36. The number of aryl methyl sites for hydroxylation is 2. The summed E-state index contributed by atoms with van der Waals surface area (Å²) in [5.74, 6) is -0.0928. The first-order valence-electron chi connectivity index (χ1n) is 5.77. The monoisotopic (exact) mass is 238 g/mol. The van der Waals surface area contributed by atoms with Crippen LogP contribution in [0.2, 0.25) is 0 Å². The molecule has 0 aliphatic carbocycles. The van der Waals surface area contributed by atoms with Crippen LogP contribution in [0.3, 0.4) is 0 Å². The molecule has 1 aliphatic rings. The fourth-order valence-electron chi connectivity index (χ4n) is 1.88. The highest BCUT2D eigenvalue weighted by Crippen LogP contribution is 2.04. The molecule has 1 fully saturated rings. The number of nitrogens with zero attached hydrogens (tertiary/aromatic N) is 2. The van der Waals surface area contributed by atoms with Crippen LogP contribution < -0.4 is 10.6 Å². The lowest BCUT2D eigenvalue weighted by Gasteiger charge is -2.23. The quantitative estimate of drug-likeness (QED) is 0.741. The lowest BCUT2D eigenvalue weighted by Crippen LogP contribution is -2.45. The lowest BCUT2D eigenvalue weighted by molar-refractivity contribution is 0.0287. The molecule has 0 saturated carbocycles. The molecule has 1 saturated heterocycles. The second-order valence-corrected chi connectivity index (χ2v) is 4.21. The SMILES string of the molecule is Cc1nn(C)cc1C(=O)NCC1CNCCO1. The first-order valence-corrected chi connectivity index (χ1v) is 5.77. The molecule has 1 aromatic heterocycles. The van der Waals surface area contributed by atoms with Gasteiger partial charge in [-0.2, -0.15) is 5.10 Å². The standard InChI is InChI=1S/C11H18N4O2/c1-8-10(7-15(2)14-8)11(16)13-6-9-5-12-3-4-17-9/h7,9,12H,3-6H2,1-2H3,(H,13,16). The molecule has 1 amide bonds. The van der Waals surface area contributed by atoms with Crippen molar-refractivity contribution in [3.63, 3.8) is 0 Å². The van der Waals surface area contributed by atoms with Crippen LogP contribution in [0.4, 0.5) is 0 Å². The number of carbonyl (C=O) groups is 1. The summed E-state index contributed by atoms with van der Waals surface area (Å²) in [5, 5.41) is 10.2. The van der Waals surface area contributed by atoms with Gasteiger partial charge in [-0.05, 0) is 6.92 Å². The van der Waals surface area contributed by atoms with E-state index in [1.165, 1.54) is 0 Å².